The minimum Gasteiger partial charge on any atom is -0.308 e. The van der Waals surface area contributed by atoms with Crippen LogP contribution < -0.4 is 0 Å². The molecule has 0 N–H and O–H groups in total. The number of nitrogens with zero attached hydrogens (tertiary/aromatic N) is 3. The van der Waals surface area contributed by atoms with E-state index in [1.165, 1.54) is 0 Å². The van der Waals surface area contributed by atoms with Crippen molar-refractivity contribution in [3.63, 3.8) is 0 Å². The van der Waals surface area contributed by atoms with Gasteiger partial charge in [0.05, 0.1) is 56.2 Å². The zero-order valence-electron chi connectivity index (χ0n) is 45.4. The van der Waals surface area contributed by atoms with Crippen LogP contribution in [0.4, 0.5) is 26.3 Å². The molecule has 0 radical (unpaired) electrons. The zero-order chi connectivity index (χ0) is 56.3. The van der Waals surface area contributed by atoms with Crippen LogP contribution in [0, 0.1) is 66.7 Å². The Morgan fingerprint density at radius 2 is 0.625 bits per heavy atom. The molecule has 0 unspecified atom stereocenters. The van der Waals surface area contributed by atoms with E-state index in [0.717, 1.165) is 117 Å². The molecule has 3 nitrogen and oxygen atoms in total. The summed E-state index contributed by atoms with van der Waals surface area (Å²) in [6.45, 7) is 16.3. The average molecular weight is 1060 g/mol. The third-order valence-corrected chi connectivity index (χ3v) is 15.4. The molecule has 9 heteroatoms. The van der Waals surface area contributed by atoms with Crippen LogP contribution in [0.1, 0.15) is 61.2 Å². The summed E-state index contributed by atoms with van der Waals surface area (Å²) in [7, 11) is 0. The second-order valence-corrected chi connectivity index (χ2v) is 21.9. The number of hydrogen-bond acceptors (Lipinski definition) is 1. The van der Waals surface area contributed by atoms with Crippen molar-refractivity contribution in [3.05, 3.63) is 237 Å². The highest BCUT2D eigenvalue weighted by molar-refractivity contribution is 6.14. The van der Waals surface area contributed by atoms with E-state index in [2.05, 4.69) is 103 Å². The van der Waals surface area contributed by atoms with Crippen molar-refractivity contribution in [2.45, 2.75) is 67.7 Å². The van der Waals surface area contributed by atoms with Gasteiger partial charge in [0.15, 0.2) is 0 Å². The number of benzene rings is 10. The van der Waals surface area contributed by atoms with Gasteiger partial charge in [0.1, 0.15) is 0 Å². The molecule has 0 aliphatic rings. The van der Waals surface area contributed by atoms with E-state index in [0.29, 0.717) is 28.1 Å². The molecule has 0 saturated carbocycles. The van der Waals surface area contributed by atoms with Crippen LogP contribution in [0.15, 0.2) is 176 Å². The number of alkyl halides is 6. The number of aryl methyl sites for hydroxylation is 8. The molecule has 0 saturated heterocycles. The van der Waals surface area contributed by atoms with Gasteiger partial charge in [-0.25, -0.2) is 0 Å². The Morgan fingerprint density at radius 3 is 0.887 bits per heavy atom. The first kappa shape index (κ1) is 51.6. The van der Waals surface area contributed by atoms with Crippen LogP contribution in [0.2, 0.25) is 0 Å². The summed E-state index contributed by atoms with van der Waals surface area (Å²) in [6, 6.07) is 56.7. The van der Waals surface area contributed by atoms with Gasteiger partial charge < -0.3 is 9.13 Å². The molecular weight excluding hydrogens is 1010 g/mol. The number of hydrogen-bond donors (Lipinski definition) is 0. The van der Waals surface area contributed by atoms with Gasteiger partial charge in [-0.15, -0.1) is 0 Å². The fourth-order valence-electron chi connectivity index (χ4n) is 12.3. The van der Waals surface area contributed by atoms with Gasteiger partial charge in [-0.3, -0.25) is 0 Å². The second-order valence-electron chi connectivity index (χ2n) is 21.9. The SMILES string of the molecule is Cc1cc(C)cc(-c2ccc3c(c2)c2cc(-c4cc(C)cc(C)c4)ccc2n3-c2cc(C#N)cc(-n3c4ccc(-c5cc(C)cc(C)c5)cc4c4cc(-c5cc(C)cc(C)c5)ccc43)c2-c2ccc(C(F)(F)F)cc2C(F)(F)F)c1. The number of rotatable bonds is 7. The summed E-state index contributed by atoms with van der Waals surface area (Å²) in [5, 5.41) is 14.3. The summed E-state index contributed by atoms with van der Waals surface area (Å²) in [5.41, 5.74) is 15.8. The van der Waals surface area contributed by atoms with Gasteiger partial charge in [-0.05, 0) is 178 Å². The topological polar surface area (TPSA) is 33.6 Å². The van der Waals surface area contributed by atoms with Crippen molar-refractivity contribution in [1.29, 1.82) is 5.26 Å². The van der Waals surface area contributed by atoms with Gasteiger partial charge in [0.25, 0.3) is 0 Å². The lowest BCUT2D eigenvalue weighted by atomic mass is 9.92. The molecule has 0 spiro atoms. The first-order valence-electron chi connectivity index (χ1n) is 26.5. The minimum absolute atomic E-state index is 0.0174. The van der Waals surface area contributed by atoms with Gasteiger partial charge in [-0.1, -0.05) is 148 Å². The molecule has 0 fully saturated rings. The van der Waals surface area contributed by atoms with E-state index in [-0.39, 0.29) is 28.6 Å². The normalized spacial score (nSPS) is 12.1. The Labute approximate surface area is 460 Å². The van der Waals surface area contributed by atoms with Gasteiger partial charge in [-0.2, -0.15) is 31.6 Å². The Morgan fingerprint density at radius 1 is 0.325 bits per heavy atom. The lowest BCUT2D eigenvalue weighted by Gasteiger charge is -2.24. The van der Waals surface area contributed by atoms with E-state index in [1.807, 2.05) is 113 Å². The predicted octanol–water partition coefficient (Wildman–Crippen LogP) is 20.6. The van der Waals surface area contributed by atoms with E-state index in [4.69, 9.17) is 0 Å². The molecule has 0 aliphatic heterocycles. The summed E-state index contributed by atoms with van der Waals surface area (Å²) < 4.78 is 95.9. The molecule has 0 amide bonds. The number of halogens is 6. The van der Waals surface area contributed by atoms with Gasteiger partial charge in [0, 0.05) is 27.1 Å². The van der Waals surface area contributed by atoms with Crippen LogP contribution in [0.25, 0.3) is 111 Å². The third kappa shape index (κ3) is 9.18. The lowest BCUT2D eigenvalue weighted by molar-refractivity contribution is -0.142. The minimum atomic E-state index is -5.26. The number of nitriles is 1. The van der Waals surface area contributed by atoms with Crippen molar-refractivity contribution >= 4 is 43.6 Å². The van der Waals surface area contributed by atoms with Crippen molar-refractivity contribution in [2.24, 2.45) is 0 Å². The first-order chi connectivity index (χ1) is 38.1. The second kappa shape index (κ2) is 19.1. The Bertz CT molecular complexity index is 4070. The monoisotopic (exact) mass is 1060 g/mol. The number of fused-ring (bicyclic) bond motifs is 6. The van der Waals surface area contributed by atoms with Crippen LogP contribution in [0.3, 0.4) is 0 Å². The van der Waals surface area contributed by atoms with Gasteiger partial charge in [0.2, 0.25) is 0 Å². The molecule has 2 heterocycles. The van der Waals surface area contributed by atoms with E-state index in [1.54, 1.807) is 12.1 Å². The fraction of sp³-hybridized carbons (Fsp3) is 0.141. The van der Waals surface area contributed by atoms with Crippen LogP contribution in [0.5, 0.6) is 0 Å². The van der Waals surface area contributed by atoms with E-state index in [9.17, 15) is 18.4 Å². The van der Waals surface area contributed by atoms with Crippen molar-refractivity contribution < 1.29 is 26.3 Å². The van der Waals surface area contributed by atoms with Crippen LogP contribution >= 0.6 is 0 Å². The smallest absolute Gasteiger partial charge is 0.308 e. The van der Waals surface area contributed by atoms with Crippen molar-refractivity contribution in [1.82, 2.24) is 9.13 Å². The van der Waals surface area contributed by atoms with E-state index < -0.39 is 29.0 Å². The van der Waals surface area contributed by atoms with Gasteiger partial charge >= 0.3 is 12.4 Å². The molecule has 0 atom stereocenters. The average Bonchev–Trinajstić information content (AvgIpc) is 3.90. The molecule has 0 bridgehead atoms. The Hall–Kier alpha value is -9.13. The highest BCUT2D eigenvalue weighted by atomic mass is 19.4. The highest BCUT2D eigenvalue weighted by Crippen LogP contribution is 2.49. The summed E-state index contributed by atoms with van der Waals surface area (Å²) in [4.78, 5) is 0. The lowest BCUT2D eigenvalue weighted by Crippen LogP contribution is -2.14. The molecular formula is C71H53F6N3. The van der Waals surface area contributed by atoms with Crippen molar-refractivity contribution in [3.8, 4) is 73.1 Å². The largest absolute Gasteiger partial charge is 0.417 e. The zero-order valence-corrected chi connectivity index (χ0v) is 45.4. The fourth-order valence-corrected chi connectivity index (χ4v) is 12.3. The molecule has 2 aromatic heterocycles. The quantitative estimate of drug-likeness (QED) is 0.146. The number of aromatic nitrogens is 2. The standard InChI is InChI=1S/C71H53F6N3/c1-39-19-40(2)24-52(23-39)48-9-15-63-58(33-48)59-34-49(53-25-41(3)20-42(4)26-53)10-16-64(59)79(63)67-31-47(38-78)32-68(69(67)57-14-13-56(70(72,73)74)37-62(57)71(75,76)77)80-65-17-11-50(54-27-43(5)21-44(6)28-54)35-60(65)61-36-51(12-18-66(61)80)55-29-45(7)22-46(8)30-55/h9-37H,1-8H3. The summed E-state index contributed by atoms with van der Waals surface area (Å²) >= 11 is 0. The molecule has 10 aromatic carbocycles. The van der Waals surface area contributed by atoms with E-state index >= 15 is 13.2 Å². The molecule has 80 heavy (non-hydrogen) atoms. The maximum absolute atomic E-state index is 16.0. The third-order valence-electron chi connectivity index (χ3n) is 15.4. The van der Waals surface area contributed by atoms with Crippen LogP contribution in [-0.2, 0) is 12.4 Å². The van der Waals surface area contributed by atoms with Crippen molar-refractivity contribution in [2.75, 3.05) is 0 Å². The molecule has 12 aromatic rings. The molecule has 12 rings (SSSR count). The summed E-state index contributed by atoms with van der Waals surface area (Å²) in [6.07, 6.45) is -10.3. The van der Waals surface area contributed by atoms with Crippen LogP contribution in [-0.4, -0.2) is 9.13 Å². The maximum Gasteiger partial charge on any atom is 0.417 e. The highest BCUT2D eigenvalue weighted by Gasteiger charge is 2.40. The first-order valence-corrected chi connectivity index (χ1v) is 26.5. The predicted molar refractivity (Wildman–Crippen MR) is 315 cm³/mol. The Kier molecular flexibility index (Phi) is 12.3. The summed E-state index contributed by atoms with van der Waals surface area (Å²) in [5.74, 6) is 0. The Balaban J connectivity index is 1.24. The molecule has 0 aliphatic carbocycles. The maximum atomic E-state index is 16.0. The molecule has 394 valence electrons.